The Morgan fingerprint density at radius 1 is 1.35 bits per heavy atom. The van der Waals surface area contributed by atoms with E-state index in [2.05, 4.69) is 5.10 Å². The second kappa shape index (κ2) is 4.57. The van der Waals surface area contributed by atoms with Crippen molar-refractivity contribution in [3.05, 3.63) is 35.8 Å². The molecule has 0 spiro atoms. The summed E-state index contributed by atoms with van der Waals surface area (Å²) in [5, 5.41) is 4.24. The number of nitrogens with zero attached hydrogens (tertiary/aromatic N) is 2. The van der Waals surface area contributed by atoms with E-state index in [1.165, 1.54) is 6.07 Å². The highest BCUT2D eigenvalue weighted by molar-refractivity contribution is 5.61. The monoisotopic (exact) mass is 234 g/mol. The Bertz CT molecular complexity index is 534. The Morgan fingerprint density at radius 3 is 2.65 bits per heavy atom. The first kappa shape index (κ1) is 11.6. The minimum atomic E-state index is -0.344. The average molecular weight is 234 g/mol. The number of halogens is 1. The first-order chi connectivity index (χ1) is 8.11. The van der Waals surface area contributed by atoms with E-state index >= 15 is 0 Å². The molecule has 0 radical (unpaired) electrons. The van der Waals surface area contributed by atoms with Crippen molar-refractivity contribution >= 4 is 0 Å². The van der Waals surface area contributed by atoms with Crippen LogP contribution in [0.1, 0.15) is 12.6 Å². The van der Waals surface area contributed by atoms with Crippen LogP contribution in [0.25, 0.3) is 11.3 Å². The highest BCUT2D eigenvalue weighted by atomic mass is 19.1. The minimum absolute atomic E-state index is 0.287. The molecule has 1 aromatic heterocycles. The van der Waals surface area contributed by atoms with Crippen molar-refractivity contribution in [1.82, 2.24) is 9.78 Å². The summed E-state index contributed by atoms with van der Waals surface area (Å²) in [5.74, 6) is -0.0571. The lowest BCUT2D eigenvalue weighted by atomic mass is 10.1. The summed E-state index contributed by atoms with van der Waals surface area (Å²) in [4.78, 5) is 0. The SMILES string of the molecule is CCOc1ccc(-c2cc(C)nn2C)cc1F. The van der Waals surface area contributed by atoms with E-state index in [4.69, 9.17) is 4.74 Å². The summed E-state index contributed by atoms with van der Waals surface area (Å²) in [6.45, 7) is 4.20. The smallest absolute Gasteiger partial charge is 0.165 e. The van der Waals surface area contributed by atoms with Gasteiger partial charge in [-0.1, -0.05) is 0 Å². The van der Waals surface area contributed by atoms with Crippen LogP contribution in [0.5, 0.6) is 5.75 Å². The molecule has 0 saturated carbocycles. The molecule has 0 aliphatic rings. The lowest BCUT2D eigenvalue weighted by molar-refractivity contribution is 0.321. The molecule has 0 saturated heterocycles. The van der Waals surface area contributed by atoms with Gasteiger partial charge in [0.25, 0.3) is 0 Å². The molecule has 3 nitrogen and oxygen atoms in total. The Labute approximate surface area is 99.8 Å². The van der Waals surface area contributed by atoms with E-state index in [0.717, 1.165) is 17.0 Å². The maximum atomic E-state index is 13.7. The van der Waals surface area contributed by atoms with Gasteiger partial charge < -0.3 is 4.74 Å². The zero-order valence-corrected chi connectivity index (χ0v) is 10.2. The van der Waals surface area contributed by atoms with Crippen LogP contribution in [0.4, 0.5) is 4.39 Å². The fourth-order valence-corrected chi connectivity index (χ4v) is 1.81. The number of benzene rings is 1. The van der Waals surface area contributed by atoms with Crippen molar-refractivity contribution in [2.75, 3.05) is 6.61 Å². The molecule has 0 amide bonds. The van der Waals surface area contributed by atoms with Gasteiger partial charge in [0.05, 0.1) is 18.0 Å². The van der Waals surface area contributed by atoms with E-state index in [0.29, 0.717) is 6.61 Å². The molecule has 0 bridgehead atoms. The zero-order valence-electron chi connectivity index (χ0n) is 10.2. The van der Waals surface area contributed by atoms with Gasteiger partial charge in [0.2, 0.25) is 0 Å². The number of aryl methyl sites for hydroxylation is 2. The maximum Gasteiger partial charge on any atom is 0.165 e. The van der Waals surface area contributed by atoms with Crippen LogP contribution in [0.2, 0.25) is 0 Å². The van der Waals surface area contributed by atoms with E-state index < -0.39 is 0 Å². The third-order valence-electron chi connectivity index (χ3n) is 2.53. The fourth-order valence-electron chi connectivity index (χ4n) is 1.81. The van der Waals surface area contributed by atoms with E-state index in [9.17, 15) is 4.39 Å². The molecule has 0 N–H and O–H groups in total. The van der Waals surface area contributed by atoms with Crippen LogP contribution in [-0.4, -0.2) is 16.4 Å². The normalized spacial score (nSPS) is 10.6. The van der Waals surface area contributed by atoms with Gasteiger partial charge in [0.15, 0.2) is 11.6 Å². The third-order valence-corrected chi connectivity index (χ3v) is 2.53. The van der Waals surface area contributed by atoms with Crippen molar-refractivity contribution in [2.24, 2.45) is 7.05 Å². The highest BCUT2D eigenvalue weighted by Crippen LogP contribution is 2.25. The molecule has 1 heterocycles. The zero-order chi connectivity index (χ0) is 12.4. The number of ether oxygens (including phenoxy) is 1. The summed E-state index contributed by atoms with van der Waals surface area (Å²) in [5.41, 5.74) is 2.61. The first-order valence-corrected chi connectivity index (χ1v) is 5.55. The van der Waals surface area contributed by atoms with Crippen molar-refractivity contribution in [2.45, 2.75) is 13.8 Å². The molecule has 0 fully saturated rings. The Kier molecular flexibility index (Phi) is 3.13. The quantitative estimate of drug-likeness (QED) is 0.816. The van der Waals surface area contributed by atoms with Gasteiger partial charge in [-0.25, -0.2) is 4.39 Å². The summed E-state index contributed by atoms with van der Waals surface area (Å²) in [6, 6.07) is 6.89. The standard InChI is InChI=1S/C13H15FN2O/c1-4-17-13-6-5-10(8-11(13)14)12-7-9(2)15-16(12)3/h5-8H,4H2,1-3H3. The molecule has 4 heteroatoms. The van der Waals surface area contributed by atoms with E-state index in [1.54, 1.807) is 10.7 Å². The van der Waals surface area contributed by atoms with Crippen molar-refractivity contribution in [3.63, 3.8) is 0 Å². The van der Waals surface area contributed by atoms with Crippen LogP contribution < -0.4 is 4.74 Å². The van der Waals surface area contributed by atoms with E-state index in [-0.39, 0.29) is 11.6 Å². The van der Waals surface area contributed by atoms with Gasteiger partial charge in [-0.15, -0.1) is 0 Å². The molecule has 0 aliphatic carbocycles. The fraction of sp³-hybridized carbons (Fsp3) is 0.308. The van der Waals surface area contributed by atoms with Gasteiger partial charge >= 0.3 is 0 Å². The predicted octanol–water partition coefficient (Wildman–Crippen LogP) is 2.93. The van der Waals surface area contributed by atoms with E-state index in [1.807, 2.05) is 33.0 Å². The Hall–Kier alpha value is -1.84. The van der Waals surface area contributed by atoms with Crippen LogP contribution in [-0.2, 0) is 7.05 Å². The van der Waals surface area contributed by atoms with Crippen LogP contribution >= 0.6 is 0 Å². The van der Waals surface area contributed by atoms with Crippen LogP contribution in [0.15, 0.2) is 24.3 Å². The molecule has 0 unspecified atom stereocenters. The van der Waals surface area contributed by atoms with Crippen LogP contribution in [0, 0.1) is 12.7 Å². The second-order valence-electron chi connectivity index (χ2n) is 3.87. The van der Waals surface area contributed by atoms with Gasteiger partial charge in [0.1, 0.15) is 0 Å². The van der Waals surface area contributed by atoms with Gasteiger partial charge in [-0.3, -0.25) is 4.68 Å². The molecule has 0 aliphatic heterocycles. The molecule has 2 rings (SSSR count). The van der Waals surface area contributed by atoms with Crippen LogP contribution in [0.3, 0.4) is 0 Å². The van der Waals surface area contributed by atoms with Gasteiger partial charge in [0, 0.05) is 12.6 Å². The number of rotatable bonds is 3. The topological polar surface area (TPSA) is 27.1 Å². The maximum absolute atomic E-state index is 13.7. The van der Waals surface area contributed by atoms with Crippen molar-refractivity contribution in [3.8, 4) is 17.0 Å². The molecule has 1 aromatic carbocycles. The summed E-state index contributed by atoms with van der Waals surface area (Å²) in [7, 11) is 1.84. The van der Waals surface area contributed by atoms with Crippen molar-refractivity contribution < 1.29 is 9.13 Å². The number of hydrogen-bond donors (Lipinski definition) is 0. The van der Waals surface area contributed by atoms with Gasteiger partial charge in [-0.2, -0.15) is 5.10 Å². The summed E-state index contributed by atoms with van der Waals surface area (Å²) in [6.07, 6.45) is 0. The lowest BCUT2D eigenvalue weighted by Gasteiger charge is -2.07. The first-order valence-electron chi connectivity index (χ1n) is 5.55. The predicted molar refractivity (Wildman–Crippen MR) is 64.5 cm³/mol. The molecule has 90 valence electrons. The molecule has 0 atom stereocenters. The average Bonchev–Trinajstić information content (AvgIpc) is 2.61. The molecule has 17 heavy (non-hydrogen) atoms. The van der Waals surface area contributed by atoms with Gasteiger partial charge in [-0.05, 0) is 38.1 Å². The Balaban J connectivity index is 2.41. The molecule has 2 aromatic rings. The largest absolute Gasteiger partial charge is 0.491 e. The summed E-state index contributed by atoms with van der Waals surface area (Å²) < 4.78 is 20.6. The molecular formula is C13H15FN2O. The number of hydrogen-bond acceptors (Lipinski definition) is 2. The third kappa shape index (κ3) is 2.30. The highest BCUT2D eigenvalue weighted by Gasteiger charge is 2.09. The lowest BCUT2D eigenvalue weighted by Crippen LogP contribution is -1.97. The Morgan fingerprint density at radius 2 is 2.12 bits per heavy atom. The number of aromatic nitrogens is 2. The van der Waals surface area contributed by atoms with Crippen molar-refractivity contribution in [1.29, 1.82) is 0 Å². The summed E-state index contributed by atoms with van der Waals surface area (Å²) >= 11 is 0. The second-order valence-corrected chi connectivity index (χ2v) is 3.87. The molecular weight excluding hydrogens is 219 g/mol. The minimum Gasteiger partial charge on any atom is -0.491 e.